The van der Waals surface area contributed by atoms with E-state index in [-0.39, 0.29) is 70.9 Å². The minimum Gasteiger partial charge on any atom is -1.00 e. The van der Waals surface area contributed by atoms with Crippen molar-refractivity contribution in [3.63, 3.8) is 0 Å². The van der Waals surface area contributed by atoms with Crippen molar-refractivity contribution in [2.75, 3.05) is 6.51 Å². The van der Waals surface area contributed by atoms with Crippen LogP contribution in [-0.4, -0.2) is 64.8 Å². The predicted molar refractivity (Wildman–Crippen MR) is 24.3 cm³/mol. The van der Waals surface area contributed by atoms with Crippen LogP contribution in [0.5, 0.6) is 0 Å². The van der Waals surface area contributed by atoms with E-state index in [1.165, 1.54) is 0 Å². The number of rotatable bonds is 1. The van der Waals surface area contributed by atoms with E-state index < -0.39 is 13.6 Å². The summed E-state index contributed by atoms with van der Waals surface area (Å²) >= 11 is 0. The summed E-state index contributed by atoms with van der Waals surface area (Å²) in [6, 6.07) is 0. The monoisotopic (exact) mass is 192 g/mol. The van der Waals surface area contributed by atoms with Crippen LogP contribution in [0.2, 0.25) is 0 Å². The largest absolute Gasteiger partial charge is 2.00 e. The molecule has 3 nitrogen and oxygen atoms in total. The fraction of sp³-hybridized carbons (Fsp3) is 1.00. The first-order valence-corrected chi connectivity index (χ1v) is 1.20. The summed E-state index contributed by atoms with van der Waals surface area (Å²) in [5.41, 5.74) is 0. The second-order valence-corrected chi connectivity index (χ2v) is 0.612. The second kappa shape index (κ2) is 22.5. The van der Waals surface area contributed by atoms with Crippen molar-refractivity contribution in [1.82, 2.24) is 0 Å². The topological polar surface area (TPSA) is 66.3 Å². The van der Waals surface area contributed by atoms with Crippen LogP contribution in [0.3, 0.4) is 0 Å². The van der Waals surface area contributed by atoms with E-state index in [0.717, 1.165) is 0 Å². The van der Waals surface area contributed by atoms with Gasteiger partial charge in [0, 0.05) is 0 Å². The molecule has 0 aromatic carbocycles. The third kappa shape index (κ3) is 39.7. The molecule has 0 aliphatic heterocycles. The zero-order chi connectivity index (χ0) is 4.28. The molecule has 0 rings (SSSR count). The van der Waals surface area contributed by atoms with Crippen molar-refractivity contribution in [1.29, 1.82) is 0 Å². The van der Waals surface area contributed by atoms with E-state index in [4.69, 9.17) is 15.2 Å². The first kappa shape index (κ1) is 30.5. The molecule has 9 heavy (non-hydrogen) atoms. The molecular formula is CH3BCl2Mg2O3. The van der Waals surface area contributed by atoms with Gasteiger partial charge in [-0.05, 0) is 6.51 Å². The summed E-state index contributed by atoms with van der Waals surface area (Å²) in [5.74, 6) is 0. The van der Waals surface area contributed by atoms with Gasteiger partial charge in [0.2, 0.25) is 0 Å². The van der Waals surface area contributed by atoms with Crippen molar-refractivity contribution < 1.29 is 40.0 Å². The van der Waals surface area contributed by atoms with Crippen LogP contribution in [-0.2, 0) is 0 Å². The van der Waals surface area contributed by atoms with Crippen molar-refractivity contribution >= 4 is 53.2 Å². The average molecular weight is 193 g/mol. The van der Waals surface area contributed by atoms with Gasteiger partial charge in [0.15, 0.2) is 0 Å². The summed E-state index contributed by atoms with van der Waals surface area (Å²) < 4.78 is 0. The Kier molecular flexibility index (Phi) is 76.2. The number of aliphatic hydroxyl groups excluding tert-OH is 1. The molecule has 0 aliphatic carbocycles. The van der Waals surface area contributed by atoms with Crippen molar-refractivity contribution in [2.24, 2.45) is 0 Å². The zero-order valence-electron chi connectivity index (χ0n) is 4.72. The molecule has 0 radical (unpaired) electrons. The summed E-state index contributed by atoms with van der Waals surface area (Å²) in [6.07, 6.45) is 0. The van der Waals surface area contributed by atoms with Crippen LogP contribution in [0, 0.1) is 0 Å². The van der Waals surface area contributed by atoms with Gasteiger partial charge >= 0.3 is 46.1 Å². The second-order valence-electron chi connectivity index (χ2n) is 0.612. The standard InChI is InChI=1S/CH3BO3.2ClH.2Mg/c3-1-2(4)5;;;;/h3H,1H2;2*1H;;/q-2;;;2*+2/p-2. The number of hydrogen-bond donors (Lipinski definition) is 1. The minimum absolute atomic E-state index is 0. The molecule has 0 bridgehead atoms. The molecule has 46 valence electrons. The van der Waals surface area contributed by atoms with Crippen LogP contribution in [0.1, 0.15) is 0 Å². The smallest absolute Gasteiger partial charge is 1.00 e. The Hall–Kier alpha value is 2.06. The van der Waals surface area contributed by atoms with E-state index in [2.05, 4.69) is 0 Å². The van der Waals surface area contributed by atoms with E-state index in [9.17, 15) is 0 Å². The number of halogens is 2. The molecule has 0 saturated carbocycles. The third-order valence-electron chi connectivity index (χ3n) is 0.149. The molecular weight excluding hydrogens is 190 g/mol. The molecule has 0 unspecified atom stereocenters. The summed E-state index contributed by atoms with van der Waals surface area (Å²) in [4.78, 5) is 0. The Morgan fingerprint density at radius 1 is 1.11 bits per heavy atom. The van der Waals surface area contributed by atoms with Crippen molar-refractivity contribution in [3.05, 3.63) is 0 Å². The SMILES string of the molecule is [Cl-].[Cl-].[Mg+2].[Mg+2].[O-]B([O-])CO. The Bertz CT molecular complexity index is 33.8. The van der Waals surface area contributed by atoms with Crippen LogP contribution in [0.25, 0.3) is 0 Å². The maximum absolute atomic E-state index is 9.09. The van der Waals surface area contributed by atoms with Gasteiger partial charge in [-0.1, -0.05) is 7.12 Å². The minimum atomic E-state index is -2.06. The molecule has 1 N–H and O–H groups in total. The normalized spacial score (nSPS) is 4.33. The molecule has 0 aromatic rings. The molecule has 0 amide bonds. The predicted octanol–water partition coefficient (Wildman–Crippen LogP) is -10.0. The number of aliphatic hydroxyl groups is 1. The molecule has 0 aliphatic rings. The third-order valence-corrected chi connectivity index (χ3v) is 0.149. The van der Waals surface area contributed by atoms with Gasteiger partial charge in [-0.15, -0.1) is 0 Å². The van der Waals surface area contributed by atoms with E-state index >= 15 is 0 Å². The van der Waals surface area contributed by atoms with Gasteiger partial charge in [0.05, 0.1) is 0 Å². The van der Waals surface area contributed by atoms with Gasteiger partial charge in [-0.2, -0.15) is 0 Å². The van der Waals surface area contributed by atoms with Gasteiger partial charge in [0.25, 0.3) is 0 Å². The first-order chi connectivity index (χ1) is 2.27. The first-order valence-electron chi connectivity index (χ1n) is 1.20. The Morgan fingerprint density at radius 2 is 1.22 bits per heavy atom. The summed E-state index contributed by atoms with van der Waals surface area (Å²) in [5, 5.41) is 25.7. The van der Waals surface area contributed by atoms with Crippen LogP contribution >= 0.6 is 0 Å². The zero-order valence-corrected chi connectivity index (χ0v) is 9.06. The summed E-state index contributed by atoms with van der Waals surface area (Å²) in [7, 11) is -2.06. The molecule has 0 saturated heterocycles. The maximum atomic E-state index is 9.09. The molecule has 0 heterocycles. The molecule has 0 atom stereocenters. The van der Waals surface area contributed by atoms with E-state index in [0.29, 0.717) is 0 Å². The molecule has 8 heteroatoms. The van der Waals surface area contributed by atoms with Crippen molar-refractivity contribution in [3.8, 4) is 0 Å². The van der Waals surface area contributed by atoms with Gasteiger partial charge in [-0.25, -0.2) is 0 Å². The van der Waals surface area contributed by atoms with Crippen molar-refractivity contribution in [2.45, 2.75) is 0 Å². The molecule has 0 fully saturated rings. The van der Waals surface area contributed by atoms with Crippen LogP contribution < -0.4 is 34.9 Å². The maximum Gasteiger partial charge on any atom is 2.00 e. The Balaban J connectivity index is -0.0000000133. The summed E-state index contributed by atoms with van der Waals surface area (Å²) in [6.45, 7) is -0.806. The molecule has 0 aromatic heterocycles. The van der Waals surface area contributed by atoms with Gasteiger partial charge < -0.3 is 40.0 Å². The molecule has 0 spiro atoms. The average Bonchev–Trinajstić information content (AvgIpc) is 1.38. The van der Waals surface area contributed by atoms with Gasteiger partial charge in [-0.3, -0.25) is 0 Å². The van der Waals surface area contributed by atoms with Crippen LogP contribution in [0.4, 0.5) is 0 Å². The Morgan fingerprint density at radius 3 is 1.22 bits per heavy atom. The number of hydrogen-bond acceptors (Lipinski definition) is 3. The van der Waals surface area contributed by atoms with Crippen LogP contribution in [0.15, 0.2) is 0 Å². The quantitative estimate of drug-likeness (QED) is 0.421. The fourth-order valence-electron chi connectivity index (χ4n) is 0. The fourth-order valence-corrected chi connectivity index (χ4v) is 0. The van der Waals surface area contributed by atoms with E-state index in [1.54, 1.807) is 0 Å². The van der Waals surface area contributed by atoms with Gasteiger partial charge in [0.1, 0.15) is 0 Å². The van der Waals surface area contributed by atoms with E-state index in [1.807, 2.05) is 0 Å². The Labute approximate surface area is 98.9 Å².